The first-order chi connectivity index (χ1) is 8.15. The van der Waals surface area contributed by atoms with E-state index in [1.807, 2.05) is 0 Å². The number of hydrogen-bond donors (Lipinski definition) is 0. The van der Waals surface area contributed by atoms with E-state index < -0.39 is 10.0 Å². The monoisotopic (exact) mass is 263 g/mol. The number of hydrogen-bond acceptors (Lipinski definition) is 2. The van der Waals surface area contributed by atoms with Crippen LogP contribution in [-0.2, 0) is 5.41 Å². The van der Waals surface area contributed by atoms with E-state index in [0.717, 1.165) is 17.5 Å². The fourth-order valence-electron chi connectivity index (χ4n) is 1.48. The highest BCUT2D eigenvalue weighted by Gasteiger charge is 2.20. The van der Waals surface area contributed by atoms with Gasteiger partial charge in [0.15, 0.2) is 6.29 Å². The van der Waals surface area contributed by atoms with Crippen LogP contribution in [0.1, 0.15) is 42.4 Å². The van der Waals surface area contributed by atoms with Crippen molar-refractivity contribution in [2.24, 2.45) is 0 Å². The Morgan fingerprint density at radius 2 is 1.89 bits per heavy atom. The molecule has 0 radical (unpaired) electrons. The summed E-state index contributed by atoms with van der Waals surface area (Å²) in [5.41, 5.74) is 2.19. The molecular weight excluding hydrogens is 242 g/mol. The summed E-state index contributed by atoms with van der Waals surface area (Å²) in [6.45, 7) is 6.25. The zero-order chi connectivity index (χ0) is 14.0. The van der Waals surface area contributed by atoms with Gasteiger partial charge in [-0.2, -0.15) is 10.0 Å². The lowest BCUT2D eigenvalue weighted by molar-refractivity contribution is 0.112. The SMILES string of the molecule is CC(C)(C)c1nccc(C=O)c1C#CS(C)(C)C. The first-order valence-electron chi connectivity index (χ1n) is 5.81. The maximum atomic E-state index is 11.1. The molecule has 2 nitrogen and oxygen atoms in total. The molecule has 0 aromatic carbocycles. The Kier molecular flexibility index (Phi) is 4.24. The van der Waals surface area contributed by atoms with Crippen molar-refractivity contribution < 1.29 is 4.79 Å². The van der Waals surface area contributed by atoms with E-state index in [2.05, 4.69) is 55.7 Å². The maximum Gasteiger partial charge on any atom is 0.151 e. The lowest BCUT2D eigenvalue weighted by Gasteiger charge is -2.21. The lowest BCUT2D eigenvalue weighted by atomic mass is 9.87. The average Bonchev–Trinajstić information content (AvgIpc) is 2.23. The molecule has 98 valence electrons. The number of pyridine rings is 1. The van der Waals surface area contributed by atoms with Crippen LogP contribution in [-0.4, -0.2) is 30.0 Å². The molecule has 1 aromatic rings. The molecule has 0 N–H and O–H groups in total. The first kappa shape index (κ1) is 14.8. The number of aldehydes is 1. The predicted octanol–water partition coefficient (Wildman–Crippen LogP) is 3.19. The molecule has 0 aliphatic rings. The van der Waals surface area contributed by atoms with E-state index in [0.29, 0.717) is 5.56 Å². The van der Waals surface area contributed by atoms with Crippen molar-refractivity contribution in [2.45, 2.75) is 26.2 Å². The number of carbonyl (C=O) groups is 1. The summed E-state index contributed by atoms with van der Waals surface area (Å²) in [5, 5.41) is 3.26. The van der Waals surface area contributed by atoms with E-state index in [1.165, 1.54) is 0 Å². The Labute approximate surface area is 112 Å². The molecular formula is C15H21NOS. The van der Waals surface area contributed by atoms with Gasteiger partial charge in [-0.05, 0) is 30.1 Å². The smallest absolute Gasteiger partial charge is 0.151 e. The minimum atomic E-state index is -0.914. The summed E-state index contributed by atoms with van der Waals surface area (Å²) in [6, 6.07) is 1.73. The number of carbonyl (C=O) groups excluding carboxylic acids is 1. The minimum Gasteiger partial charge on any atom is -0.298 e. The number of nitrogens with zero attached hydrogens (tertiary/aromatic N) is 1. The molecule has 0 saturated heterocycles. The molecule has 0 aliphatic heterocycles. The molecule has 1 heterocycles. The van der Waals surface area contributed by atoms with Gasteiger partial charge in [-0.15, -0.1) is 0 Å². The zero-order valence-electron chi connectivity index (χ0n) is 12.0. The lowest BCUT2D eigenvalue weighted by Crippen LogP contribution is -2.16. The Morgan fingerprint density at radius 1 is 1.28 bits per heavy atom. The molecule has 0 unspecified atom stereocenters. The third-order valence-electron chi connectivity index (χ3n) is 2.30. The molecule has 0 saturated carbocycles. The Hall–Kier alpha value is -1.27. The molecule has 0 spiro atoms. The van der Waals surface area contributed by atoms with Gasteiger partial charge in [-0.3, -0.25) is 9.78 Å². The van der Waals surface area contributed by atoms with Crippen molar-refractivity contribution in [1.82, 2.24) is 4.98 Å². The molecule has 1 rings (SSSR count). The van der Waals surface area contributed by atoms with E-state index in [9.17, 15) is 4.79 Å². The van der Waals surface area contributed by atoms with Crippen LogP contribution in [0.3, 0.4) is 0 Å². The topological polar surface area (TPSA) is 30.0 Å². The van der Waals surface area contributed by atoms with Crippen molar-refractivity contribution in [1.29, 1.82) is 0 Å². The van der Waals surface area contributed by atoms with E-state index in [-0.39, 0.29) is 5.41 Å². The van der Waals surface area contributed by atoms with Gasteiger partial charge in [0.2, 0.25) is 0 Å². The van der Waals surface area contributed by atoms with Crippen molar-refractivity contribution >= 4 is 16.3 Å². The van der Waals surface area contributed by atoms with Gasteiger partial charge in [0, 0.05) is 17.2 Å². The number of aromatic nitrogens is 1. The Morgan fingerprint density at radius 3 is 2.33 bits per heavy atom. The second-order valence-corrected chi connectivity index (χ2v) is 9.93. The zero-order valence-corrected chi connectivity index (χ0v) is 12.8. The standard InChI is InChI=1S/C15H21NOS/c1-15(2,3)14-13(8-10-18(4,5)6)12(11-17)7-9-16-14/h7,9,11H,1-6H3. The predicted molar refractivity (Wildman–Crippen MR) is 80.6 cm³/mol. The third kappa shape index (κ3) is 3.89. The molecule has 0 aliphatic carbocycles. The third-order valence-corrected chi connectivity index (χ3v) is 3.02. The Bertz CT molecular complexity index is 510. The quantitative estimate of drug-likeness (QED) is 0.575. The normalized spacial score (nSPS) is 12.6. The van der Waals surface area contributed by atoms with Crippen molar-refractivity contribution in [3.05, 3.63) is 29.1 Å². The van der Waals surface area contributed by atoms with Crippen LogP contribution in [0, 0.1) is 11.2 Å². The molecule has 18 heavy (non-hydrogen) atoms. The van der Waals surface area contributed by atoms with Gasteiger partial charge in [0.05, 0.1) is 11.3 Å². The van der Waals surface area contributed by atoms with Crippen LogP contribution >= 0.6 is 10.0 Å². The van der Waals surface area contributed by atoms with Crippen LogP contribution in [0.5, 0.6) is 0 Å². The summed E-state index contributed by atoms with van der Waals surface area (Å²) in [7, 11) is -0.914. The van der Waals surface area contributed by atoms with Gasteiger partial charge in [-0.25, -0.2) is 0 Å². The summed E-state index contributed by atoms with van der Waals surface area (Å²) in [4.78, 5) is 15.5. The number of rotatable bonds is 1. The summed E-state index contributed by atoms with van der Waals surface area (Å²) in [5.74, 6) is 3.17. The molecule has 0 atom stereocenters. The summed E-state index contributed by atoms with van der Waals surface area (Å²) < 4.78 is 0. The minimum absolute atomic E-state index is 0.115. The molecule has 1 aromatic heterocycles. The van der Waals surface area contributed by atoms with Gasteiger partial charge >= 0.3 is 0 Å². The molecule has 3 heteroatoms. The molecule has 0 amide bonds. The van der Waals surface area contributed by atoms with Crippen molar-refractivity contribution in [2.75, 3.05) is 18.8 Å². The first-order valence-corrected chi connectivity index (χ1v) is 8.66. The Balaban J connectivity index is 3.47. The van der Waals surface area contributed by atoms with Gasteiger partial charge in [0.1, 0.15) is 0 Å². The van der Waals surface area contributed by atoms with Crippen LogP contribution in [0.15, 0.2) is 12.3 Å². The van der Waals surface area contributed by atoms with Crippen molar-refractivity contribution in [3.63, 3.8) is 0 Å². The highest BCUT2D eigenvalue weighted by molar-refractivity contribution is 8.35. The van der Waals surface area contributed by atoms with Crippen LogP contribution < -0.4 is 0 Å². The second-order valence-electron chi connectivity index (χ2n) is 6.06. The van der Waals surface area contributed by atoms with Crippen LogP contribution in [0.2, 0.25) is 0 Å². The van der Waals surface area contributed by atoms with E-state index in [4.69, 9.17) is 0 Å². The maximum absolute atomic E-state index is 11.1. The van der Waals surface area contributed by atoms with E-state index in [1.54, 1.807) is 12.3 Å². The highest BCUT2D eigenvalue weighted by atomic mass is 32.3. The largest absolute Gasteiger partial charge is 0.298 e. The molecule has 0 fully saturated rings. The highest BCUT2D eigenvalue weighted by Crippen LogP contribution is 2.33. The van der Waals surface area contributed by atoms with Crippen molar-refractivity contribution in [3.8, 4) is 11.2 Å². The molecule has 0 bridgehead atoms. The summed E-state index contributed by atoms with van der Waals surface area (Å²) in [6.07, 6.45) is 8.94. The fraction of sp³-hybridized carbons (Fsp3) is 0.467. The average molecular weight is 263 g/mol. The second kappa shape index (κ2) is 5.16. The van der Waals surface area contributed by atoms with Crippen LogP contribution in [0.4, 0.5) is 0 Å². The van der Waals surface area contributed by atoms with Gasteiger partial charge in [-0.1, -0.05) is 26.7 Å². The van der Waals surface area contributed by atoms with Gasteiger partial charge < -0.3 is 0 Å². The van der Waals surface area contributed by atoms with E-state index >= 15 is 0 Å². The fourth-order valence-corrected chi connectivity index (χ4v) is 1.89. The van der Waals surface area contributed by atoms with Gasteiger partial charge in [0.25, 0.3) is 0 Å². The summed E-state index contributed by atoms with van der Waals surface area (Å²) >= 11 is 0. The van der Waals surface area contributed by atoms with Crippen LogP contribution in [0.25, 0.3) is 0 Å².